The van der Waals surface area contributed by atoms with Crippen LogP contribution in [0, 0.1) is 0 Å². The van der Waals surface area contributed by atoms with Crippen LogP contribution in [0.25, 0.3) is 0 Å². The van der Waals surface area contributed by atoms with Gasteiger partial charge in [-0.1, -0.05) is 155 Å². The zero-order chi connectivity index (χ0) is 22.1. The third-order valence-corrected chi connectivity index (χ3v) is 6.83. The molecule has 0 fully saturated rings. The van der Waals surface area contributed by atoms with Crippen LogP contribution in [-0.2, 0) is 0 Å². The predicted molar refractivity (Wildman–Crippen MR) is 138 cm³/mol. The van der Waals surface area contributed by atoms with Crippen LogP contribution in [0.4, 0.5) is 0 Å². The highest BCUT2D eigenvalue weighted by molar-refractivity contribution is 4.75. The maximum Gasteiger partial charge on any atom is 0.0192 e. The lowest BCUT2D eigenvalue weighted by atomic mass is 9.96. The van der Waals surface area contributed by atoms with Crippen molar-refractivity contribution in [2.24, 2.45) is 11.5 Å². The van der Waals surface area contributed by atoms with E-state index in [2.05, 4.69) is 13.8 Å². The second-order valence-electron chi connectivity index (χ2n) is 9.98. The van der Waals surface area contributed by atoms with Crippen LogP contribution in [0.2, 0.25) is 0 Å². The molecular formula is C28H60N2. The van der Waals surface area contributed by atoms with E-state index in [1.165, 1.54) is 141 Å². The van der Waals surface area contributed by atoms with Gasteiger partial charge < -0.3 is 11.5 Å². The number of rotatable bonds is 25. The molecule has 2 atom stereocenters. The third kappa shape index (κ3) is 22.6. The molecule has 0 aromatic carbocycles. The SMILES string of the molecule is CCCCCCCCCCCCCCCCC(N)C(N)CCCCCCCCCC. The van der Waals surface area contributed by atoms with Gasteiger partial charge in [0.1, 0.15) is 0 Å². The lowest BCUT2D eigenvalue weighted by Gasteiger charge is -2.19. The summed E-state index contributed by atoms with van der Waals surface area (Å²) in [6.45, 7) is 4.57. The van der Waals surface area contributed by atoms with Crippen molar-refractivity contribution in [2.45, 2.75) is 180 Å². The van der Waals surface area contributed by atoms with Crippen molar-refractivity contribution in [2.75, 3.05) is 0 Å². The lowest BCUT2D eigenvalue weighted by molar-refractivity contribution is 0.428. The molecular weight excluding hydrogens is 364 g/mol. The van der Waals surface area contributed by atoms with Crippen molar-refractivity contribution in [3.05, 3.63) is 0 Å². The quantitative estimate of drug-likeness (QED) is 0.144. The Labute approximate surface area is 191 Å². The number of hydrogen-bond donors (Lipinski definition) is 2. The molecule has 0 aliphatic rings. The van der Waals surface area contributed by atoms with Gasteiger partial charge in [0.05, 0.1) is 0 Å². The third-order valence-electron chi connectivity index (χ3n) is 6.83. The van der Waals surface area contributed by atoms with E-state index in [1.807, 2.05) is 0 Å². The van der Waals surface area contributed by atoms with Crippen LogP contribution in [0.5, 0.6) is 0 Å². The Morgan fingerprint density at radius 3 is 0.767 bits per heavy atom. The van der Waals surface area contributed by atoms with Crippen LogP contribution in [0.3, 0.4) is 0 Å². The summed E-state index contributed by atoms with van der Waals surface area (Å²) in [5.41, 5.74) is 12.7. The molecule has 0 radical (unpaired) electrons. The smallest absolute Gasteiger partial charge is 0.0192 e. The molecule has 0 bridgehead atoms. The van der Waals surface area contributed by atoms with Gasteiger partial charge in [0.15, 0.2) is 0 Å². The fraction of sp³-hybridized carbons (Fsp3) is 1.00. The average molecular weight is 425 g/mol. The maximum absolute atomic E-state index is 6.34. The Kier molecular flexibility index (Phi) is 25.1. The minimum absolute atomic E-state index is 0.215. The summed E-state index contributed by atoms with van der Waals surface area (Å²) in [6.07, 6.45) is 33.0. The zero-order valence-electron chi connectivity index (χ0n) is 21.3. The normalized spacial score (nSPS) is 13.6. The predicted octanol–water partition coefficient (Wildman–Crippen LogP) is 9.04. The van der Waals surface area contributed by atoms with Gasteiger partial charge in [-0.05, 0) is 12.8 Å². The van der Waals surface area contributed by atoms with E-state index in [0.717, 1.165) is 12.8 Å². The average Bonchev–Trinajstić information content (AvgIpc) is 2.75. The monoisotopic (exact) mass is 424 g/mol. The first kappa shape index (κ1) is 29.9. The number of unbranched alkanes of at least 4 members (excludes halogenated alkanes) is 20. The Balaban J connectivity index is 3.27. The van der Waals surface area contributed by atoms with Crippen LogP contribution >= 0.6 is 0 Å². The molecule has 2 nitrogen and oxygen atoms in total. The van der Waals surface area contributed by atoms with Crippen molar-refractivity contribution >= 4 is 0 Å². The van der Waals surface area contributed by atoms with E-state index in [4.69, 9.17) is 11.5 Å². The molecule has 0 rings (SSSR count). The molecule has 2 heteroatoms. The summed E-state index contributed by atoms with van der Waals surface area (Å²) in [7, 11) is 0. The van der Waals surface area contributed by atoms with E-state index in [-0.39, 0.29) is 12.1 Å². The van der Waals surface area contributed by atoms with Gasteiger partial charge in [-0.25, -0.2) is 0 Å². The van der Waals surface area contributed by atoms with Gasteiger partial charge in [0.2, 0.25) is 0 Å². The molecule has 30 heavy (non-hydrogen) atoms. The second kappa shape index (κ2) is 25.2. The Morgan fingerprint density at radius 2 is 0.533 bits per heavy atom. The van der Waals surface area contributed by atoms with Gasteiger partial charge >= 0.3 is 0 Å². The van der Waals surface area contributed by atoms with Gasteiger partial charge in [-0.2, -0.15) is 0 Å². The highest BCUT2D eigenvalue weighted by Gasteiger charge is 2.12. The summed E-state index contributed by atoms with van der Waals surface area (Å²) in [5.74, 6) is 0. The molecule has 0 aliphatic heterocycles. The van der Waals surface area contributed by atoms with Crippen LogP contribution in [0.1, 0.15) is 168 Å². The fourth-order valence-electron chi connectivity index (χ4n) is 4.52. The van der Waals surface area contributed by atoms with Crippen LogP contribution in [0.15, 0.2) is 0 Å². The highest BCUT2D eigenvalue weighted by Crippen LogP contribution is 2.15. The molecule has 182 valence electrons. The number of nitrogens with two attached hydrogens (primary N) is 2. The summed E-state index contributed by atoms with van der Waals surface area (Å²) in [4.78, 5) is 0. The van der Waals surface area contributed by atoms with Gasteiger partial charge in [-0.3, -0.25) is 0 Å². The van der Waals surface area contributed by atoms with Crippen molar-refractivity contribution in [3.8, 4) is 0 Å². The molecule has 2 unspecified atom stereocenters. The zero-order valence-corrected chi connectivity index (χ0v) is 21.3. The van der Waals surface area contributed by atoms with Crippen LogP contribution in [-0.4, -0.2) is 12.1 Å². The Bertz CT molecular complexity index is 305. The van der Waals surface area contributed by atoms with Crippen molar-refractivity contribution in [3.63, 3.8) is 0 Å². The molecule has 0 aromatic rings. The first-order valence-corrected chi connectivity index (χ1v) is 14.2. The summed E-state index contributed by atoms with van der Waals surface area (Å²) in [6, 6.07) is 0.430. The first-order valence-electron chi connectivity index (χ1n) is 14.2. The maximum atomic E-state index is 6.34. The highest BCUT2D eigenvalue weighted by atomic mass is 14.8. The van der Waals surface area contributed by atoms with Crippen molar-refractivity contribution < 1.29 is 0 Å². The minimum Gasteiger partial charge on any atom is -0.326 e. The topological polar surface area (TPSA) is 52.0 Å². The van der Waals surface area contributed by atoms with Gasteiger partial charge in [0.25, 0.3) is 0 Å². The molecule has 0 heterocycles. The van der Waals surface area contributed by atoms with E-state index in [1.54, 1.807) is 0 Å². The molecule has 0 amide bonds. The van der Waals surface area contributed by atoms with Gasteiger partial charge in [-0.15, -0.1) is 0 Å². The summed E-state index contributed by atoms with van der Waals surface area (Å²) >= 11 is 0. The van der Waals surface area contributed by atoms with Gasteiger partial charge in [0, 0.05) is 12.1 Å². The van der Waals surface area contributed by atoms with E-state index in [9.17, 15) is 0 Å². The fourth-order valence-corrected chi connectivity index (χ4v) is 4.52. The summed E-state index contributed by atoms with van der Waals surface area (Å²) < 4.78 is 0. The molecule has 0 saturated carbocycles. The van der Waals surface area contributed by atoms with E-state index < -0.39 is 0 Å². The van der Waals surface area contributed by atoms with E-state index >= 15 is 0 Å². The van der Waals surface area contributed by atoms with Crippen molar-refractivity contribution in [1.29, 1.82) is 0 Å². The molecule has 0 spiro atoms. The number of hydrogen-bond acceptors (Lipinski definition) is 2. The van der Waals surface area contributed by atoms with Crippen molar-refractivity contribution in [1.82, 2.24) is 0 Å². The molecule has 4 N–H and O–H groups in total. The molecule has 0 aliphatic carbocycles. The largest absolute Gasteiger partial charge is 0.326 e. The minimum atomic E-state index is 0.215. The first-order chi connectivity index (χ1) is 14.7. The summed E-state index contributed by atoms with van der Waals surface area (Å²) in [5, 5.41) is 0. The standard InChI is InChI=1S/C28H60N2/c1-3-5-7-9-11-13-14-15-16-17-18-20-22-24-26-28(30)27(29)25-23-21-19-12-10-8-6-4-2/h27-28H,3-26,29-30H2,1-2H3. The Morgan fingerprint density at radius 1 is 0.333 bits per heavy atom. The molecule has 0 saturated heterocycles. The molecule has 0 aromatic heterocycles. The van der Waals surface area contributed by atoms with Crippen LogP contribution < -0.4 is 11.5 Å². The second-order valence-corrected chi connectivity index (χ2v) is 9.98. The lowest BCUT2D eigenvalue weighted by Crippen LogP contribution is -2.41. The van der Waals surface area contributed by atoms with E-state index in [0.29, 0.717) is 0 Å². The Hall–Kier alpha value is -0.0800.